The van der Waals surface area contributed by atoms with Crippen molar-refractivity contribution in [1.29, 1.82) is 0 Å². The van der Waals surface area contributed by atoms with Gasteiger partial charge in [-0.15, -0.1) is 0 Å². The van der Waals surface area contributed by atoms with Crippen LogP contribution in [0.1, 0.15) is 57.8 Å². The fourth-order valence-electron chi connectivity index (χ4n) is 5.42. The number of nitrogens with zero attached hydrogens (tertiary/aromatic N) is 2. The Hall–Kier alpha value is -2.19. The van der Waals surface area contributed by atoms with Crippen molar-refractivity contribution < 1.29 is 24.5 Å². The third kappa shape index (κ3) is 6.90. The van der Waals surface area contributed by atoms with Gasteiger partial charge in [0.2, 0.25) is 6.79 Å². The van der Waals surface area contributed by atoms with Crippen LogP contribution in [-0.2, 0) is 0 Å². The lowest BCUT2D eigenvalue weighted by Gasteiger charge is -2.37. The van der Waals surface area contributed by atoms with Gasteiger partial charge in [0, 0.05) is 32.2 Å². The van der Waals surface area contributed by atoms with Crippen molar-refractivity contribution in [1.82, 2.24) is 10.2 Å². The average molecular weight is 462 g/mol. The summed E-state index contributed by atoms with van der Waals surface area (Å²) in [6, 6.07) is 6.27. The molecule has 3 N–H and O–H groups in total. The van der Waals surface area contributed by atoms with Gasteiger partial charge in [-0.1, -0.05) is 18.9 Å². The smallest absolute Gasteiger partial charge is 0.404 e. The van der Waals surface area contributed by atoms with Gasteiger partial charge in [0.25, 0.3) is 0 Å². The molecule has 8 nitrogen and oxygen atoms in total. The second-order valence-electron chi connectivity index (χ2n) is 9.73. The van der Waals surface area contributed by atoms with Crippen molar-refractivity contribution in [2.75, 3.05) is 44.4 Å². The second kappa shape index (κ2) is 11.8. The van der Waals surface area contributed by atoms with Crippen LogP contribution < -0.4 is 19.7 Å². The Morgan fingerprint density at radius 2 is 1.73 bits per heavy atom. The highest BCUT2D eigenvalue weighted by atomic mass is 16.7. The fourth-order valence-corrected chi connectivity index (χ4v) is 5.42. The monoisotopic (exact) mass is 461 g/mol. The summed E-state index contributed by atoms with van der Waals surface area (Å²) < 4.78 is 11.1. The van der Waals surface area contributed by atoms with Crippen molar-refractivity contribution in [2.24, 2.45) is 5.92 Å². The number of rotatable bonds is 5. The van der Waals surface area contributed by atoms with Crippen LogP contribution >= 0.6 is 0 Å². The van der Waals surface area contributed by atoms with Gasteiger partial charge in [0.1, 0.15) is 0 Å². The van der Waals surface area contributed by atoms with Crippen LogP contribution in [0, 0.1) is 5.92 Å². The molecule has 0 atom stereocenters. The lowest BCUT2D eigenvalue weighted by molar-refractivity contribution is 0.173. The molecular weight excluding hydrogens is 422 g/mol. The van der Waals surface area contributed by atoms with E-state index in [9.17, 15) is 4.79 Å². The highest BCUT2D eigenvalue weighted by molar-refractivity contribution is 5.66. The quantitative estimate of drug-likeness (QED) is 0.616. The van der Waals surface area contributed by atoms with E-state index in [1.54, 1.807) is 0 Å². The molecule has 0 unspecified atom stereocenters. The van der Waals surface area contributed by atoms with Crippen molar-refractivity contribution in [2.45, 2.75) is 69.9 Å². The van der Waals surface area contributed by atoms with E-state index in [1.165, 1.54) is 19.3 Å². The summed E-state index contributed by atoms with van der Waals surface area (Å²) in [4.78, 5) is 15.7. The maximum Gasteiger partial charge on any atom is 0.404 e. The zero-order valence-corrected chi connectivity index (χ0v) is 19.6. The van der Waals surface area contributed by atoms with E-state index < -0.39 is 6.09 Å². The number of ether oxygens (including phenoxy) is 2. The molecule has 5 rings (SSSR count). The molecule has 3 fully saturated rings. The van der Waals surface area contributed by atoms with Crippen LogP contribution in [0.25, 0.3) is 0 Å². The molecule has 1 saturated heterocycles. The van der Waals surface area contributed by atoms with Gasteiger partial charge in [-0.3, -0.25) is 4.90 Å². The van der Waals surface area contributed by atoms with Crippen LogP contribution in [0.3, 0.4) is 0 Å². The Bertz CT molecular complexity index is 754. The minimum Gasteiger partial charge on any atom is -0.465 e. The SMILES string of the molecule is O=C(O)N[C@H]1CC[C@H](CCN2CCN(c3cccc4c3OCO4)CC2)CC1.OC1CCCC1. The Morgan fingerprint density at radius 3 is 2.36 bits per heavy atom. The molecule has 4 aliphatic rings. The number of carboxylic acid groups (broad SMARTS) is 1. The summed E-state index contributed by atoms with van der Waals surface area (Å²) in [7, 11) is 0. The largest absolute Gasteiger partial charge is 0.465 e. The number of hydrogen-bond donors (Lipinski definition) is 3. The minimum atomic E-state index is -0.891. The predicted octanol–water partition coefficient (Wildman–Crippen LogP) is 3.68. The van der Waals surface area contributed by atoms with Gasteiger partial charge < -0.3 is 29.9 Å². The fraction of sp³-hybridized carbons (Fsp3) is 0.720. The van der Waals surface area contributed by atoms with E-state index in [0.717, 1.165) is 94.4 Å². The molecule has 1 aromatic carbocycles. The number of aliphatic hydroxyl groups is 1. The van der Waals surface area contributed by atoms with E-state index in [2.05, 4.69) is 21.2 Å². The maximum absolute atomic E-state index is 10.7. The topological polar surface area (TPSA) is 94.5 Å². The van der Waals surface area contributed by atoms with Crippen molar-refractivity contribution in [3.8, 4) is 11.5 Å². The summed E-state index contributed by atoms with van der Waals surface area (Å²) in [6.07, 6.45) is 9.16. The molecule has 1 aromatic rings. The van der Waals surface area contributed by atoms with E-state index in [0.29, 0.717) is 6.79 Å². The van der Waals surface area contributed by atoms with Crippen molar-refractivity contribution >= 4 is 11.8 Å². The van der Waals surface area contributed by atoms with Crippen LogP contribution in [-0.4, -0.2) is 72.9 Å². The second-order valence-corrected chi connectivity index (χ2v) is 9.73. The molecule has 2 heterocycles. The number of amides is 1. The molecule has 184 valence electrons. The first-order chi connectivity index (χ1) is 16.1. The van der Waals surface area contributed by atoms with Crippen LogP contribution in [0.2, 0.25) is 0 Å². The zero-order valence-electron chi connectivity index (χ0n) is 19.6. The van der Waals surface area contributed by atoms with Crippen molar-refractivity contribution in [3.05, 3.63) is 18.2 Å². The minimum absolute atomic E-state index is 0.0463. The Labute approximate surface area is 196 Å². The van der Waals surface area contributed by atoms with Gasteiger partial charge in [-0.2, -0.15) is 0 Å². The summed E-state index contributed by atoms with van der Waals surface area (Å²) >= 11 is 0. The highest BCUT2D eigenvalue weighted by Gasteiger charge is 2.26. The molecule has 8 heteroatoms. The first-order valence-corrected chi connectivity index (χ1v) is 12.6. The zero-order chi connectivity index (χ0) is 23.0. The Balaban J connectivity index is 0.000000376. The normalized spacial score (nSPS) is 25.4. The van der Waals surface area contributed by atoms with Gasteiger partial charge >= 0.3 is 6.09 Å². The number of nitrogens with one attached hydrogen (secondary N) is 1. The number of fused-ring (bicyclic) bond motifs is 1. The van der Waals surface area contributed by atoms with Gasteiger partial charge in [-0.25, -0.2) is 4.79 Å². The third-order valence-electron chi connectivity index (χ3n) is 7.44. The average Bonchev–Trinajstić information content (AvgIpc) is 3.50. The van der Waals surface area contributed by atoms with Gasteiger partial charge in [0.05, 0.1) is 11.8 Å². The van der Waals surface area contributed by atoms with Crippen molar-refractivity contribution in [3.63, 3.8) is 0 Å². The summed E-state index contributed by atoms with van der Waals surface area (Å²) in [6.45, 7) is 5.61. The van der Waals surface area contributed by atoms with E-state index in [4.69, 9.17) is 19.7 Å². The number of piperazine rings is 1. The summed E-state index contributed by atoms with van der Waals surface area (Å²) in [5.41, 5.74) is 1.15. The molecule has 0 radical (unpaired) electrons. The van der Waals surface area contributed by atoms with Gasteiger partial charge in [-0.05, 0) is 69.5 Å². The Morgan fingerprint density at radius 1 is 1.00 bits per heavy atom. The number of para-hydroxylation sites is 1. The van der Waals surface area contributed by atoms with Crippen LogP contribution in [0.4, 0.5) is 10.5 Å². The molecular formula is C25H39N3O5. The first kappa shape index (κ1) is 24.0. The third-order valence-corrected chi connectivity index (χ3v) is 7.44. The maximum atomic E-state index is 10.7. The van der Waals surface area contributed by atoms with E-state index in [1.807, 2.05) is 12.1 Å². The number of carbonyl (C=O) groups is 1. The van der Waals surface area contributed by atoms with Crippen LogP contribution in [0.15, 0.2) is 18.2 Å². The lowest BCUT2D eigenvalue weighted by Crippen LogP contribution is -2.47. The number of benzene rings is 1. The summed E-state index contributed by atoms with van der Waals surface area (Å²) in [5.74, 6) is 2.47. The number of hydrogen-bond acceptors (Lipinski definition) is 6. The molecule has 0 bridgehead atoms. The van der Waals surface area contributed by atoms with E-state index >= 15 is 0 Å². The molecule has 2 aliphatic carbocycles. The highest BCUT2D eigenvalue weighted by Crippen LogP contribution is 2.41. The molecule has 2 aliphatic heterocycles. The first-order valence-electron chi connectivity index (χ1n) is 12.6. The molecule has 2 saturated carbocycles. The predicted molar refractivity (Wildman–Crippen MR) is 127 cm³/mol. The molecule has 0 aromatic heterocycles. The molecule has 0 spiro atoms. The number of aliphatic hydroxyl groups excluding tert-OH is 1. The molecule has 33 heavy (non-hydrogen) atoms. The standard InChI is InChI=1S/C20H29N3O4.C5H10O/c24-20(25)21-16-6-4-15(5-7-16)8-9-22-10-12-23(13-11-22)17-2-1-3-18-19(17)27-14-26-18;6-5-3-1-2-4-5/h1-3,15-16,21H,4-14H2,(H,24,25);5-6H,1-4H2/t15-,16-;. The van der Waals surface area contributed by atoms with Crippen LogP contribution in [0.5, 0.6) is 11.5 Å². The lowest BCUT2D eigenvalue weighted by atomic mass is 9.84. The summed E-state index contributed by atoms with van der Waals surface area (Å²) in [5, 5.41) is 20.2. The van der Waals surface area contributed by atoms with E-state index in [-0.39, 0.29) is 12.1 Å². The number of anilines is 1. The Kier molecular flexibility index (Phi) is 8.56. The molecule has 1 amide bonds. The van der Waals surface area contributed by atoms with Gasteiger partial charge in [0.15, 0.2) is 11.5 Å².